The lowest BCUT2D eigenvalue weighted by molar-refractivity contribution is -0.148. The van der Waals surface area contributed by atoms with Gasteiger partial charge in [0.2, 0.25) is 106 Å². The van der Waals surface area contributed by atoms with Gasteiger partial charge in [0.25, 0.3) is 0 Å². The molecule has 4 heterocycles. The third-order valence-corrected chi connectivity index (χ3v) is 23.7. The van der Waals surface area contributed by atoms with Gasteiger partial charge in [0, 0.05) is 75.8 Å². The fourth-order valence-electron chi connectivity index (χ4n) is 15.8. The Hall–Kier alpha value is -11.7. The molecule has 0 aliphatic carbocycles. The molecule has 3 fully saturated rings. The zero-order valence-electron chi connectivity index (χ0n) is 77.7. The Morgan fingerprint density at radius 1 is 0.469 bits per heavy atom. The van der Waals surface area contributed by atoms with Crippen LogP contribution in [0.2, 0.25) is 0 Å². The first-order chi connectivity index (χ1) is 60.5. The average Bonchev–Trinajstić information content (AvgIpc) is 1.63. The van der Waals surface area contributed by atoms with E-state index in [1.165, 1.54) is 81.1 Å². The smallest absolute Gasteiger partial charge is 0.248 e. The first kappa shape index (κ1) is 107. The molecular weight excluding hydrogens is 1690 g/mol. The Kier molecular flexibility index (Phi) is 38.0. The van der Waals surface area contributed by atoms with Gasteiger partial charge in [0.05, 0.1) is 31.0 Å². The number of carbonyl (C=O) groups excluding carboxylic acids is 18. The van der Waals surface area contributed by atoms with Crippen LogP contribution >= 0.6 is 0 Å². The summed E-state index contributed by atoms with van der Waals surface area (Å²) in [4.78, 5) is 259. The second kappa shape index (κ2) is 46.2. The molecule has 2 aromatic carbocycles. The number of nitrogens with zero attached hydrogens (tertiary/aromatic N) is 3. The number of aliphatic hydroxyl groups is 4. The summed E-state index contributed by atoms with van der Waals surface area (Å²) in [7, 11) is 0. The number of amides is 18. The minimum atomic E-state index is -1.97. The number of aromatic amines is 1. The van der Waals surface area contributed by atoms with E-state index in [2.05, 4.69) is 74.1 Å². The molecule has 0 spiro atoms. The number of H-pyrrole nitrogens is 1. The number of rotatable bonds is 46. The predicted octanol–water partition coefficient (Wildman–Crippen LogP) is -2.72. The Labute approximate surface area is 757 Å². The van der Waals surface area contributed by atoms with Crippen LogP contribution in [0.15, 0.2) is 60.8 Å². The Morgan fingerprint density at radius 2 is 0.915 bits per heavy atom. The van der Waals surface area contributed by atoms with E-state index < -0.39 is 269 Å². The average molecular weight is 1830 g/mol. The van der Waals surface area contributed by atoms with Gasteiger partial charge in [-0.3, -0.25) is 86.3 Å². The number of fused-ring (bicyclic) bond motifs is 1. The van der Waals surface area contributed by atoms with E-state index in [0.717, 1.165) is 33.2 Å². The molecule has 3 aliphatic heterocycles. The number of hydrogen-bond donors (Lipinski definition) is 20. The van der Waals surface area contributed by atoms with Gasteiger partial charge in [-0.15, -0.1) is 0 Å². The number of nitrogens with two attached hydrogens (primary N) is 2. The largest absolute Gasteiger partial charge is 0.394 e. The normalized spacial score (nSPS) is 19.2. The molecule has 16 atom stereocenters. The van der Waals surface area contributed by atoms with Gasteiger partial charge in [-0.1, -0.05) is 103 Å². The highest BCUT2D eigenvalue weighted by Gasteiger charge is 2.51. The maximum Gasteiger partial charge on any atom is 0.248 e. The van der Waals surface area contributed by atoms with E-state index in [0.29, 0.717) is 31.2 Å². The van der Waals surface area contributed by atoms with E-state index in [9.17, 15) is 107 Å². The van der Waals surface area contributed by atoms with Crippen LogP contribution in [0.3, 0.4) is 0 Å². The van der Waals surface area contributed by atoms with Gasteiger partial charge in [-0.05, 0) is 150 Å². The molecule has 0 bridgehead atoms. The Bertz CT molecular complexity index is 4610. The van der Waals surface area contributed by atoms with Crippen LogP contribution in [-0.2, 0) is 99.1 Å². The molecule has 22 N–H and O–H groups in total. The molecule has 3 saturated heterocycles. The fraction of sp³-hybridized carbons (Fsp3) is 0.640. The third-order valence-electron chi connectivity index (χ3n) is 23.7. The number of benzene rings is 2. The van der Waals surface area contributed by atoms with E-state index in [-0.39, 0.29) is 51.2 Å². The van der Waals surface area contributed by atoms with Gasteiger partial charge in [0.1, 0.15) is 88.1 Å². The van der Waals surface area contributed by atoms with Crippen molar-refractivity contribution in [1.29, 1.82) is 0 Å². The SMILES string of the molecule is CCC(C)C(NC(=O)C(Cc1c[nH]c2ccccc12)NC(C)=O)C(=O)NC(CCC(N)=O)C(=O)NC(C)(C)C(=O)NC(C(=O)N[C@H](C(=O)NC(C)(C)C(=O)NC(CC(C)C)C(=O)NC(C)(C)C(=O)N1CC(O)CC1C(=O)NC(CCC(N)=O)C(=O)NC(C)(C)C(=O)N1CC(O)CC1C(=O)NC(C)(C)C(=O)N1CCCC1C(=O)NC(CO)Cc1ccccc1)[C@@H](C)O)C(C)CC. The lowest BCUT2D eigenvalue weighted by Gasteiger charge is -2.37. The van der Waals surface area contributed by atoms with Crippen LogP contribution in [0.4, 0.5) is 0 Å². The second-order valence-corrected chi connectivity index (χ2v) is 37.6. The molecule has 3 aromatic rings. The van der Waals surface area contributed by atoms with Crippen LogP contribution in [0.1, 0.15) is 206 Å². The summed E-state index contributed by atoms with van der Waals surface area (Å²) in [5, 5.41) is 78.1. The van der Waals surface area contributed by atoms with Crippen LogP contribution in [0.25, 0.3) is 10.9 Å². The van der Waals surface area contributed by atoms with Crippen LogP contribution < -0.4 is 80.6 Å². The Morgan fingerprint density at radius 3 is 1.42 bits per heavy atom. The number of para-hydroxylation sites is 1. The number of hydrogen-bond acceptors (Lipinski definition) is 22. The molecule has 14 unspecified atom stereocenters. The molecule has 130 heavy (non-hydrogen) atoms. The zero-order valence-corrected chi connectivity index (χ0v) is 77.7. The molecule has 3 aliphatic rings. The summed E-state index contributed by atoms with van der Waals surface area (Å²) in [6.07, 6.45) is -3.47. The van der Waals surface area contributed by atoms with Gasteiger partial charge in [-0.25, -0.2) is 0 Å². The third kappa shape index (κ3) is 29.4. The number of aromatic nitrogens is 1. The first-order valence-corrected chi connectivity index (χ1v) is 44.2. The van der Waals surface area contributed by atoms with Crippen LogP contribution in [-0.4, -0.2) is 285 Å². The van der Waals surface area contributed by atoms with Crippen molar-refractivity contribution >= 4 is 117 Å². The summed E-state index contributed by atoms with van der Waals surface area (Å²) >= 11 is 0. The van der Waals surface area contributed by atoms with E-state index >= 15 is 0 Å². The van der Waals surface area contributed by atoms with Crippen molar-refractivity contribution in [3.05, 3.63) is 71.9 Å². The van der Waals surface area contributed by atoms with E-state index in [1.807, 2.05) is 54.6 Å². The zero-order chi connectivity index (χ0) is 97.7. The highest BCUT2D eigenvalue weighted by molar-refractivity contribution is 6.04. The van der Waals surface area contributed by atoms with Crippen molar-refractivity contribution in [2.75, 3.05) is 26.2 Å². The van der Waals surface area contributed by atoms with Gasteiger partial charge in [-0.2, -0.15) is 0 Å². The maximum absolute atomic E-state index is 14.8. The number of β-amino-alcohol motifs (C(OH)–C–C–N with tert-alkyl or cyclic N) is 2. The molecule has 0 radical (unpaired) electrons. The molecule has 1 aromatic heterocycles. The van der Waals surface area contributed by atoms with Crippen molar-refractivity contribution in [1.82, 2.24) is 88.8 Å². The highest BCUT2D eigenvalue weighted by Crippen LogP contribution is 2.29. The number of nitrogens with one attached hydrogen (secondary N) is 14. The summed E-state index contributed by atoms with van der Waals surface area (Å²) < 4.78 is 0. The topological polar surface area (TPSA) is 622 Å². The lowest BCUT2D eigenvalue weighted by atomic mass is 9.94. The lowest BCUT2D eigenvalue weighted by Crippen LogP contribution is -2.66. The van der Waals surface area contributed by atoms with E-state index in [4.69, 9.17) is 11.5 Å². The first-order valence-electron chi connectivity index (χ1n) is 44.2. The minimum Gasteiger partial charge on any atom is -0.394 e. The van der Waals surface area contributed by atoms with Crippen LogP contribution in [0.5, 0.6) is 0 Å². The van der Waals surface area contributed by atoms with Gasteiger partial charge >= 0.3 is 0 Å². The maximum atomic E-state index is 14.8. The molecule has 41 nitrogen and oxygen atoms in total. The number of likely N-dealkylation sites (tertiary alicyclic amines) is 3. The van der Waals surface area contributed by atoms with Crippen LogP contribution in [0, 0.1) is 17.8 Å². The molecule has 6 rings (SSSR count). The van der Waals surface area contributed by atoms with Gasteiger partial charge < -0.3 is 121 Å². The molecule has 0 saturated carbocycles. The number of aliphatic hydroxyl groups excluding tert-OH is 4. The standard InChI is InChI=1S/C89H137N19O22/c1-19-47(5)67(98-70(116)61(93-50(8)111)39-52-42-92-57-30-25-24-29-56(52)57)77(123)96-59(33-35-66(91)115)71(117)101-86(11,12)81(127)100-68(48(6)20-2)78(124)99-69(49(7)110)79(125)105-85(9,10)80(126)97-60(37-46(3)4)73(119)103-89(17,18)83(129)107-43-54(112)40-63(107)75(121)95-58(32-34-65(90)114)72(118)102-88(15,16)84(130)108-44-55(113)41-64(108)76(122)104-87(13,14)82(128)106-36-26-31-62(106)74(120)94-53(45-109)38-51-27-22-21-23-28-51/h21-25,27-30,42,46-49,53-55,58-64,67-69,92,109-110,112-113H,19-20,26,31-41,43-45H2,1-18H3,(H2,90,114)(H2,91,115)(H,93,111)(H,94,120)(H,95,121)(H,96,123)(H,97,126)(H,98,116)(H,99,124)(H,100,127)(H,101,117)(H,102,118)(H,103,119)(H,104,122)(H,105,125)/t47?,48?,49-,53?,54?,55?,58?,59?,60?,61?,62?,63?,64?,67?,68?,69+/m1/s1. The molecule has 18 amide bonds. The van der Waals surface area contributed by atoms with Gasteiger partial charge in [0.15, 0.2) is 0 Å². The summed E-state index contributed by atoms with van der Waals surface area (Å²) in [6.45, 7) is 24.5. The summed E-state index contributed by atoms with van der Waals surface area (Å²) in [6, 6.07) is 1.47. The number of carbonyl (C=O) groups is 18. The van der Waals surface area contributed by atoms with Crippen molar-refractivity contribution in [3.63, 3.8) is 0 Å². The van der Waals surface area contributed by atoms with Crippen molar-refractivity contribution in [3.8, 4) is 0 Å². The predicted molar refractivity (Wildman–Crippen MR) is 475 cm³/mol. The van der Waals surface area contributed by atoms with Crippen molar-refractivity contribution < 1.29 is 107 Å². The summed E-state index contributed by atoms with van der Waals surface area (Å²) in [5.74, 6) is -17.3. The van der Waals surface area contributed by atoms with E-state index in [1.54, 1.807) is 47.7 Å². The summed E-state index contributed by atoms with van der Waals surface area (Å²) in [5.41, 5.74) is 3.90. The highest BCUT2D eigenvalue weighted by atomic mass is 16.3. The van der Waals surface area contributed by atoms with Crippen molar-refractivity contribution in [2.45, 2.75) is 321 Å². The quantitative estimate of drug-likeness (QED) is 0.0273. The molecular formula is C89H137N19O22. The number of primary amides is 2. The second-order valence-electron chi connectivity index (χ2n) is 37.6. The minimum absolute atomic E-state index is 0.0316. The van der Waals surface area contributed by atoms with Crippen molar-refractivity contribution in [2.24, 2.45) is 29.2 Å². The molecule has 720 valence electrons. The molecule has 41 heteroatoms. The monoisotopic (exact) mass is 1820 g/mol. The fourth-order valence-corrected chi connectivity index (χ4v) is 15.8. The Balaban J connectivity index is 1.08.